The Morgan fingerprint density at radius 2 is 2.40 bits per heavy atom. The number of piperidine rings is 1. The van der Waals surface area contributed by atoms with Gasteiger partial charge in [0, 0.05) is 24.9 Å². The molecule has 1 saturated heterocycles. The molecule has 0 aromatic carbocycles. The SMILES string of the molecule is CC(N)CSCC(=O)N1CCCC(C)C1. The lowest BCUT2D eigenvalue weighted by atomic mass is 10.0. The predicted octanol–water partition coefficient (Wildman–Crippen LogP) is 1.33. The van der Waals surface area contributed by atoms with E-state index in [2.05, 4.69) is 6.92 Å². The first-order chi connectivity index (χ1) is 7.09. The van der Waals surface area contributed by atoms with Crippen molar-refractivity contribution in [1.29, 1.82) is 0 Å². The number of rotatable bonds is 4. The summed E-state index contributed by atoms with van der Waals surface area (Å²) in [7, 11) is 0. The number of nitrogens with two attached hydrogens (primary N) is 1. The highest BCUT2D eigenvalue weighted by Gasteiger charge is 2.20. The Labute approximate surface area is 96.8 Å². The van der Waals surface area contributed by atoms with E-state index in [9.17, 15) is 4.79 Å². The van der Waals surface area contributed by atoms with E-state index in [-0.39, 0.29) is 11.9 Å². The summed E-state index contributed by atoms with van der Waals surface area (Å²) >= 11 is 1.65. The second-order valence-electron chi connectivity index (χ2n) is 4.58. The Bertz CT molecular complexity index is 209. The van der Waals surface area contributed by atoms with E-state index in [4.69, 9.17) is 5.73 Å². The van der Waals surface area contributed by atoms with Crippen molar-refractivity contribution in [3.8, 4) is 0 Å². The van der Waals surface area contributed by atoms with E-state index in [0.29, 0.717) is 11.7 Å². The van der Waals surface area contributed by atoms with Crippen LogP contribution in [0.1, 0.15) is 26.7 Å². The van der Waals surface area contributed by atoms with Crippen molar-refractivity contribution in [2.45, 2.75) is 32.7 Å². The molecule has 2 atom stereocenters. The van der Waals surface area contributed by atoms with Crippen LogP contribution >= 0.6 is 11.8 Å². The van der Waals surface area contributed by atoms with E-state index in [1.807, 2.05) is 11.8 Å². The maximum atomic E-state index is 11.8. The maximum Gasteiger partial charge on any atom is 0.232 e. The van der Waals surface area contributed by atoms with Gasteiger partial charge in [0.25, 0.3) is 0 Å². The van der Waals surface area contributed by atoms with Gasteiger partial charge in [0.15, 0.2) is 0 Å². The van der Waals surface area contributed by atoms with Crippen LogP contribution in [-0.2, 0) is 4.79 Å². The van der Waals surface area contributed by atoms with E-state index < -0.39 is 0 Å². The lowest BCUT2D eigenvalue weighted by molar-refractivity contribution is -0.130. The zero-order chi connectivity index (χ0) is 11.3. The van der Waals surface area contributed by atoms with Crippen LogP contribution in [0.25, 0.3) is 0 Å². The smallest absolute Gasteiger partial charge is 0.232 e. The molecule has 0 bridgehead atoms. The van der Waals surface area contributed by atoms with E-state index in [1.54, 1.807) is 11.8 Å². The molecule has 1 fully saturated rings. The number of carbonyl (C=O) groups is 1. The molecule has 0 aliphatic carbocycles. The van der Waals surface area contributed by atoms with Gasteiger partial charge in [-0.15, -0.1) is 0 Å². The van der Waals surface area contributed by atoms with Crippen molar-refractivity contribution in [3.63, 3.8) is 0 Å². The quantitative estimate of drug-likeness (QED) is 0.792. The minimum absolute atomic E-state index is 0.183. The number of hydrogen-bond acceptors (Lipinski definition) is 3. The van der Waals surface area contributed by atoms with Crippen LogP contribution in [0, 0.1) is 5.92 Å². The molecule has 88 valence electrons. The Kier molecular flexibility index (Phi) is 5.47. The van der Waals surface area contributed by atoms with Crippen molar-refractivity contribution in [2.75, 3.05) is 24.6 Å². The zero-order valence-corrected chi connectivity index (χ0v) is 10.6. The van der Waals surface area contributed by atoms with E-state index in [0.717, 1.165) is 25.3 Å². The second-order valence-corrected chi connectivity index (χ2v) is 5.61. The normalized spacial score (nSPS) is 23.9. The average molecular weight is 230 g/mol. The topological polar surface area (TPSA) is 46.3 Å². The predicted molar refractivity (Wildman–Crippen MR) is 66.0 cm³/mol. The molecule has 1 amide bonds. The van der Waals surface area contributed by atoms with Gasteiger partial charge in [-0.05, 0) is 25.7 Å². The first-order valence-electron chi connectivity index (χ1n) is 5.70. The highest BCUT2D eigenvalue weighted by Crippen LogP contribution is 2.16. The van der Waals surface area contributed by atoms with Crippen molar-refractivity contribution in [1.82, 2.24) is 4.90 Å². The van der Waals surface area contributed by atoms with Gasteiger partial charge in [-0.25, -0.2) is 0 Å². The summed E-state index contributed by atoms with van der Waals surface area (Å²) in [5.74, 6) is 2.41. The summed E-state index contributed by atoms with van der Waals surface area (Å²) in [6.45, 7) is 6.08. The number of carbonyl (C=O) groups excluding carboxylic acids is 1. The molecule has 15 heavy (non-hydrogen) atoms. The van der Waals surface area contributed by atoms with Crippen LogP contribution in [0.3, 0.4) is 0 Å². The third-order valence-corrected chi connectivity index (χ3v) is 3.83. The molecule has 4 heteroatoms. The summed E-state index contributed by atoms with van der Waals surface area (Å²) < 4.78 is 0. The van der Waals surface area contributed by atoms with Crippen molar-refractivity contribution in [3.05, 3.63) is 0 Å². The van der Waals surface area contributed by atoms with Crippen LogP contribution in [0.15, 0.2) is 0 Å². The Hall–Kier alpha value is -0.220. The fourth-order valence-electron chi connectivity index (χ4n) is 1.84. The highest BCUT2D eigenvalue weighted by molar-refractivity contribution is 7.99. The zero-order valence-electron chi connectivity index (χ0n) is 9.74. The summed E-state index contributed by atoms with van der Waals surface area (Å²) in [5.41, 5.74) is 5.63. The fourth-order valence-corrected chi connectivity index (χ4v) is 2.69. The molecule has 2 unspecified atom stereocenters. The molecule has 0 aromatic heterocycles. The molecule has 0 aromatic rings. The molecular weight excluding hydrogens is 208 g/mol. The standard InChI is InChI=1S/C11H22N2OS/c1-9-4-3-5-13(6-9)11(14)8-15-7-10(2)12/h9-10H,3-8,12H2,1-2H3. The molecule has 0 saturated carbocycles. The van der Waals surface area contributed by atoms with Crippen LogP contribution in [0.2, 0.25) is 0 Å². The van der Waals surface area contributed by atoms with Crippen LogP contribution < -0.4 is 5.73 Å². The number of nitrogens with zero attached hydrogens (tertiary/aromatic N) is 1. The molecule has 2 N–H and O–H groups in total. The fraction of sp³-hybridized carbons (Fsp3) is 0.909. The number of amides is 1. The van der Waals surface area contributed by atoms with Crippen molar-refractivity contribution >= 4 is 17.7 Å². The van der Waals surface area contributed by atoms with Gasteiger partial charge < -0.3 is 10.6 Å². The molecule has 0 radical (unpaired) electrons. The minimum atomic E-state index is 0.183. The maximum absolute atomic E-state index is 11.8. The van der Waals surface area contributed by atoms with Gasteiger partial charge in [0.05, 0.1) is 5.75 Å². The van der Waals surface area contributed by atoms with Gasteiger partial charge in [0.2, 0.25) is 5.91 Å². The third kappa shape index (κ3) is 4.89. The average Bonchev–Trinajstić information content (AvgIpc) is 2.17. The summed E-state index contributed by atoms with van der Waals surface area (Å²) in [6, 6.07) is 0.183. The molecular formula is C11H22N2OS. The van der Waals surface area contributed by atoms with Gasteiger partial charge in [-0.1, -0.05) is 6.92 Å². The summed E-state index contributed by atoms with van der Waals surface area (Å²) in [6.07, 6.45) is 2.42. The second kappa shape index (κ2) is 6.38. The number of hydrogen-bond donors (Lipinski definition) is 1. The highest BCUT2D eigenvalue weighted by atomic mass is 32.2. The Balaban J connectivity index is 2.21. The van der Waals surface area contributed by atoms with Gasteiger partial charge in [-0.3, -0.25) is 4.79 Å². The molecule has 1 heterocycles. The monoisotopic (exact) mass is 230 g/mol. The minimum Gasteiger partial charge on any atom is -0.342 e. The Morgan fingerprint density at radius 3 is 3.00 bits per heavy atom. The van der Waals surface area contributed by atoms with Gasteiger partial charge >= 0.3 is 0 Å². The first kappa shape index (κ1) is 12.8. The van der Waals surface area contributed by atoms with E-state index in [1.165, 1.54) is 6.42 Å². The van der Waals surface area contributed by atoms with Crippen LogP contribution in [0.4, 0.5) is 0 Å². The first-order valence-corrected chi connectivity index (χ1v) is 6.86. The third-order valence-electron chi connectivity index (χ3n) is 2.62. The van der Waals surface area contributed by atoms with Gasteiger partial charge in [0.1, 0.15) is 0 Å². The van der Waals surface area contributed by atoms with Crippen molar-refractivity contribution in [2.24, 2.45) is 11.7 Å². The lowest BCUT2D eigenvalue weighted by Gasteiger charge is -2.30. The number of thioether (sulfide) groups is 1. The Morgan fingerprint density at radius 1 is 1.67 bits per heavy atom. The van der Waals surface area contributed by atoms with Crippen molar-refractivity contribution < 1.29 is 4.79 Å². The van der Waals surface area contributed by atoms with Crippen LogP contribution in [-0.4, -0.2) is 41.4 Å². The number of likely N-dealkylation sites (tertiary alicyclic amines) is 1. The lowest BCUT2D eigenvalue weighted by Crippen LogP contribution is -2.40. The molecule has 1 rings (SSSR count). The summed E-state index contributed by atoms with van der Waals surface area (Å²) in [5, 5.41) is 0. The largest absolute Gasteiger partial charge is 0.342 e. The molecule has 1 aliphatic rings. The molecule has 0 spiro atoms. The molecule has 1 aliphatic heterocycles. The van der Waals surface area contributed by atoms with E-state index >= 15 is 0 Å². The summed E-state index contributed by atoms with van der Waals surface area (Å²) in [4.78, 5) is 13.8. The van der Waals surface area contributed by atoms with Gasteiger partial charge in [-0.2, -0.15) is 11.8 Å². The van der Waals surface area contributed by atoms with Crippen LogP contribution in [0.5, 0.6) is 0 Å². The molecule has 3 nitrogen and oxygen atoms in total.